The van der Waals surface area contributed by atoms with E-state index in [9.17, 15) is 9.59 Å². The second kappa shape index (κ2) is 12.0. The molecule has 2 saturated heterocycles. The molecular weight excluding hydrogens is 539 g/mol. The molecule has 1 unspecified atom stereocenters. The van der Waals surface area contributed by atoms with Gasteiger partial charge in [-0.05, 0) is 55.3 Å². The second-order valence-electron chi connectivity index (χ2n) is 12.9. The van der Waals surface area contributed by atoms with Crippen molar-refractivity contribution in [3.63, 3.8) is 0 Å². The molecule has 2 aliphatic rings. The lowest BCUT2D eigenvalue weighted by Gasteiger charge is -2.42. The fraction of sp³-hybridized carbons (Fsp3) is 0.282. The van der Waals surface area contributed by atoms with E-state index in [1.54, 1.807) is 0 Å². The van der Waals surface area contributed by atoms with Crippen LogP contribution in [0.2, 0.25) is 11.6 Å². The summed E-state index contributed by atoms with van der Waals surface area (Å²) in [6, 6.07) is 34.4. The van der Waals surface area contributed by atoms with E-state index < -0.39 is 0 Å². The van der Waals surface area contributed by atoms with E-state index in [2.05, 4.69) is 58.9 Å². The first kappa shape index (κ1) is 28.4. The third kappa shape index (κ3) is 5.30. The average molecular weight is 579 g/mol. The Hall–Kier alpha value is -4.38. The number of hydrogen-bond donors (Lipinski definition) is 1. The summed E-state index contributed by atoms with van der Waals surface area (Å²) in [6.45, 7) is 4.37. The van der Waals surface area contributed by atoms with E-state index in [0.29, 0.717) is 29.7 Å². The molecule has 2 aromatic heterocycles. The number of aryl methyl sites for hydroxylation is 2. The summed E-state index contributed by atoms with van der Waals surface area (Å²) in [5.41, 5.74) is 8.23. The van der Waals surface area contributed by atoms with Gasteiger partial charge in [0.2, 0.25) is 11.6 Å². The molecule has 4 heterocycles. The van der Waals surface area contributed by atoms with Crippen molar-refractivity contribution in [1.82, 2.24) is 9.46 Å². The lowest BCUT2D eigenvalue weighted by Crippen LogP contribution is -2.43. The number of nitrogens with zero attached hydrogens (tertiary/aromatic N) is 1. The molecule has 1 atom stereocenters. The SMILES string of the molecule is Cc1ccc(C(=O)c2ccc(C(c3ccccc3)c3ccc(C(=O)c4ccc(C)cc4)n3B3C4CCCC3CCC4)[nH]2)cc1. The summed E-state index contributed by atoms with van der Waals surface area (Å²) >= 11 is 0. The van der Waals surface area contributed by atoms with E-state index in [-0.39, 0.29) is 17.5 Å². The molecule has 3 aromatic carbocycles. The van der Waals surface area contributed by atoms with Gasteiger partial charge in [-0.25, -0.2) is 0 Å². The molecule has 2 fully saturated rings. The largest absolute Gasteiger partial charge is 0.385 e. The summed E-state index contributed by atoms with van der Waals surface area (Å²) in [6.07, 6.45) is 7.39. The number of fused-ring (bicyclic) bond motifs is 2. The highest BCUT2D eigenvalue weighted by Crippen LogP contribution is 2.49. The number of aromatic amines is 1. The summed E-state index contributed by atoms with van der Waals surface area (Å²) in [4.78, 5) is 31.3. The Kier molecular flexibility index (Phi) is 7.72. The zero-order valence-electron chi connectivity index (χ0n) is 25.6. The maximum absolute atomic E-state index is 14.3. The van der Waals surface area contributed by atoms with Crippen molar-refractivity contribution in [2.24, 2.45) is 0 Å². The van der Waals surface area contributed by atoms with Crippen LogP contribution in [0.15, 0.2) is 103 Å². The van der Waals surface area contributed by atoms with Crippen LogP contribution in [0.25, 0.3) is 0 Å². The van der Waals surface area contributed by atoms with Crippen molar-refractivity contribution >= 4 is 18.4 Å². The van der Waals surface area contributed by atoms with Gasteiger partial charge in [-0.3, -0.25) is 9.59 Å². The van der Waals surface area contributed by atoms with Crippen molar-refractivity contribution in [3.8, 4) is 0 Å². The first-order valence-electron chi connectivity index (χ1n) is 16.2. The van der Waals surface area contributed by atoms with Gasteiger partial charge in [-0.1, -0.05) is 129 Å². The van der Waals surface area contributed by atoms with Crippen LogP contribution in [0, 0.1) is 13.8 Å². The standard InChI is InChI=1S/C39H39BN2O2/c1-26-14-18-29(19-15-26)38(43)34-23-22-33(41-34)37(28-8-4-3-5-9-28)35-24-25-36(39(44)30-20-16-27(2)17-21-30)42(35)40-31-10-6-11-32(40)13-7-12-31/h3-5,8-9,14-25,31-32,37,41H,6-7,10-13H2,1-2H3. The first-order chi connectivity index (χ1) is 21.5. The Morgan fingerprint density at radius 3 is 1.84 bits per heavy atom. The lowest BCUT2D eigenvalue weighted by molar-refractivity contribution is 0.102. The molecule has 5 aromatic rings. The van der Waals surface area contributed by atoms with Crippen molar-refractivity contribution < 1.29 is 9.59 Å². The van der Waals surface area contributed by atoms with Crippen LogP contribution in [0.3, 0.4) is 0 Å². The Labute approximate surface area is 260 Å². The van der Waals surface area contributed by atoms with Gasteiger partial charge in [0.1, 0.15) is 0 Å². The number of hydrogen-bond acceptors (Lipinski definition) is 2. The molecule has 0 saturated carbocycles. The number of H-pyrrole nitrogens is 1. The number of carbonyl (C=O) groups excluding carboxylic acids is 2. The predicted molar refractivity (Wildman–Crippen MR) is 178 cm³/mol. The highest BCUT2D eigenvalue weighted by atomic mass is 16.1. The van der Waals surface area contributed by atoms with Crippen LogP contribution in [0.1, 0.15) is 105 Å². The van der Waals surface area contributed by atoms with Gasteiger partial charge in [-0.2, -0.15) is 0 Å². The van der Waals surface area contributed by atoms with Gasteiger partial charge in [0.25, 0.3) is 6.85 Å². The van der Waals surface area contributed by atoms with Crippen molar-refractivity contribution in [2.45, 2.75) is 69.9 Å². The van der Waals surface area contributed by atoms with Crippen molar-refractivity contribution in [3.05, 3.63) is 154 Å². The Morgan fingerprint density at radius 2 is 1.25 bits per heavy atom. The normalized spacial score (nSPS) is 18.6. The Balaban J connectivity index is 1.37. The molecule has 5 heteroatoms. The lowest BCUT2D eigenvalue weighted by atomic mass is 9.34. The smallest absolute Gasteiger partial charge is 0.266 e. The van der Waals surface area contributed by atoms with Crippen LogP contribution in [-0.2, 0) is 0 Å². The van der Waals surface area contributed by atoms with E-state index in [0.717, 1.165) is 39.3 Å². The van der Waals surface area contributed by atoms with E-state index in [1.165, 1.54) is 38.5 Å². The number of ketones is 2. The summed E-state index contributed by atoms with van der Waals surface area (Å²) in [5, 5.41) is 0. The number of rotatable bonds is 8. The van der Waals surface area contributed by atoms with Crippen LogP contribution < -0.4 is 0 Å². The van der Waals surface area contributed by atoms with Crippen LogP contribution in [0.5, 0.6) is 0 Å². The van der Waals surface area contributed by atoms with Gasteiger partial charge >= 0.3 is 0 Å². The summed E-state index contributed by atoms with van der Waals surface area (Å²) in [5.74, 6) is 1.04. The highest BCUT2D eigenvalue weighted by molar-refractivity contribution is 6.61. The molecule has 4 nitrogen and oxygen atoms in total. The minimum atomic E-state index is -0.155. The average Bonchev–Trinajstić information content (AvgIpc) is 3.70. The monoisotopic (exact) mass is 578 g/mol. The fourth-order valence-electron chi connectivity index (χ4n) is 7.86. The van der Waals surface area contributed by atoms with Crippen molar-refractivity contribution in [1.29, 1.82) is 0 Å². The number of carbonyl (C=O) groups is 2. The summed E-state index contributed by atoms with van der Waals surface area (Å²) in [7, 11) is 0. The topological polar surface area (TPSA) is 54.9 Å². The van der Waals surface area contributed by atoms with E-state index >= 15 is 0 Å². The Morgan fingerprint density at radius 1 is 0.682 bits per heavy atom. The molecule has 0 spiro atoms. The van der Waals surface area contributed by atoms with Crippen LogP contribution in [-0.4, -0.2) is 27.9 Å². The molecule has 0 aliphatic carbocycles. The third-order valence-corrected chi connectivity index (χ3v) is 10.1. The molecule has 44 heavy (non-hydrogen) atoms. The zero-order valence-corrected chi connectivity index (χ0v) is 25.6. The fourth-order valence-corrected chi connectivity index (χ4v) is 7.86. The minimum Gasteiger partial charge on any atom is -0.385 e. The first-order valence-corrected chi connectivity index (χ1v) is 16.2. The maximum Gasteiger partial charge on any atom is 0.266 e. The molecule has 7 rings (SSSR count). The zero-order chi connectivity index (χ0) is 30.2. The van der Waals surface area contributed by atoms with Gasteiger partial charge in [0, 0.05) is 22.5 Å². The molecule has 220 valence electrons. The van der Waals surface area contributed by atoms with Gasteiger partial charge in [-0.15, -0.1) is 0 Å². The number of benzene rings is 3. The quantitative estimate of drug-likeness (QED) is 0.148. The number of nitrogens with one attached hydrogen (secondary N) is 1. The van der Waals surface area contributed by atoms with Crippen molar-refractivity contribution in [2.75, 3.05) is 0 Å². The predicted octanol–water partition coefficient (Wildman–Crippen LogP) is 9.02. The van der Waals surface area contributed by atoms with Crippen LogP contribution in [0.4, 0.5) is 0 Å². The van der Waals surface area contributed by atoms with Gasteiger partial charge in [0.05, 0.1) is 17.3 Å². The van der Waals surface area contributed by atoms with E-state index in [1.807, 2.05) is 67.6 Å². The molecule has 1 N–H and O–H groups in total. The third-order valence-electron chi connectivity index (χ3n) is 10.1. The second-order valence-corrected chi connectivity index (χ2v) is 12.9. The maximum atomic E-state index is 14.3. The molecular formula is C39H39BN2O2. The minimum absolute atomic E-state index is 0.0181. The molecule has 2 aliphatic heterocycles. The van der Waals surface area contributed by atoms with Gasteiger partial charge in [0.15, 0.2) is 0 Å². The van der Waals surface area contributed by atoms with E-state index in [4.69, 9.17) is 0 Å². The summed E-state index contributed by atoms with van der Waals surface area (Å²) < 4.78 is 2.44. The Bertz CT molecular complexity index is 1760. The molecule has 2 bridgehead atoms. The number of aromatic nitrogens is 2. The van der Waals surface area contributed by atoms with Crippen LogP contribution >= 0.6 is 0 Å². The van der Waals surface area contributed by atoms with Gasteiger partial charge < -0.3 is 9.46 Å². The highest BCUT2D eigenvalue weighted by Gasteiger charge is 2.44. The molecule has 0 radical (unpaired) electrons. The molecule has 0 amide bonds.